The first kappa shape index (κ1) is 15.7. The lowest BCUT2D eigenvalue weighted by Crippen LogP contribution is -2.40. The van der Waals surface area contributed by atoms with Gasteiger partial charge in [-0.3, -0.25) is 4.79 Å². The molecule has 0 heterocycles. The summed E-state index contributed by atoms with van der Waals surface area (Å²) in [6.45, 7) is 8.12. The van der Waals surface area contributed by atoms with E-state index in [0.717, 1.165) is 12.0 Å². The quantitative estimate of drug-likeness (QED) is 0.828. The minimum absolute atomic E-state index is 0.0625. The van der Waals surface area contributed by atoms with Crippen molar-refractivity contribution in [3.8, 4) is 0 Å². The molecule has 1 rings (SSSR count). The van der Waals surface area contributed by atoms with Gasteiger partial charge < -0.3 is 10.8 Å². The summed E-state index contributed by atoms with van der Waals surface area (Å²) in [5, 5.41) is 9.03. The molecule has 0 radical (unpaired) electrons. The van der Waals surface area contributed by atoms with E-state index in [4.69, 9.17) is 10.8 Å². The van der Waals surface area contributed by atoms with Gasteiger partial charge >= 0.3 is 5.97 Å². The molecule has 3 heteroatoms. The van der Waals surface area contributed by atoms with Gasteiger partial charge in [-0.05, 0) is 37.3 Å². The molecule has 1 aromatic rings. The second-order valence-corrected chi connectivity index (χ2v) is 6.31. The molecule has 0 saturated carbocycles. The highest BCUT2D eigenvalue weighted by molar-refractivity contribution is 5.68. The van der Waals surface area contributed by atoms with Crippen LogP contribution in [0, 0.1) is 5.92 Å². The number of aliphatic carboxylic acids is 1. The fourth-order valence-corrected chi connectivity index (χ4v) is 2.34. The molecule has 3 nitrogen and oxygen atoms in total. The van der Waals surface area contributed by atoms with Crippen molar-refractivity contribution >= 4 is 5.97 Å². The first-order chi connectivity index (χ1) is 8.70. The Hall–Kier alpha value is -1.35. The van der Waals surface area contributed by atoms with Gasteiger partial charge in [0.25, 0.3) is 0 Å². The van der Waals surface area contributed by atoms with Crippen molar-refractivity contribution in [1.29, 1.82) is 0 Å². The first-order valence-electron chi connectivity index (χ1n) is 6.79. The molecule has 0 aromatic heterocycles. The second-order valence-electron chi connectivity index (χ2n) is 6.31. The maximum absolute atomic E-state index is 11.0. The number of rotatable bonds is 6. The van der Waals surface area contributed by atoms with E-state index in [1.165, 1.54) is 5.56 Å². The van der Waals surface area contributed by atoms with E-state index in [1.807, 2.05) is 26.0 Å². The van der Waals surface area contributed by atoms with Crippen LogP contribution in [0.1, 0.15) is 51.2 Å². The van der Waals surface area contributed by atoms with Crippen molar-refractivity contribution in [1.82, 2.24) is 0 Å². The van der Waals surface area contributed by atoms with Crippen molar-refractivity contribution in [2.24, 2.45) is 11.7 Å². The highest BCUT2D eigenvalue weighted by Crippen LogP contribution is 2.30. The van der Waals surface area contributed by atoms with Gasteiger partial charge in [0.2, 0.25) is 0 Å². The highest BCUT2D eigenvalue weighted by atomic mass is 16.4. The minimum Gasteiger partial charge on any atom is -0.481 e. The first-order valence-corrected chi connectivity index (χ1v) is 6.79. The number of carboxylic acid groups (broad SMARTS) is 1. The summed E-state index contributed by atoms with van der Waals surface area (Å²) < 4.78 is 0. The summed E-state index contributed by atoms with van der Waals surface area (Å²) in [7, 11) is 0. The SMILES string of the molecule is CC(C)Cc1ccc(C(CC(=O)O)C(C)(C)N)cc1. The van der Waals surface area contributed by atoms with Crippen LogP contribution in [-0.4, -0.2) is 16.6 Å². The molecular formula is C16H25NO2. The van der Waals surface area contributed by atoms with Crippen molar-refractivity contribution < 1.29 is 9.90 Å². The molecule has 1 atom stereocenters. The Bertz CT molecular complexity index is 415. The van der Waals surface area contributed by atoms with E-state index >= 15 is 0 Å². The van der Waals surface area contributed by atoms with Crippen molar-refractivity contribution in [2.45, 2.75) is 52.0 Å². The van der Waals surface area contributed by atoms with Crippen molar-refractivity contribution in [3.05, 3.63) is 35.4 Å². The fraction of sp³-hybridized carbons (Fsp3) is 0.562. The third-order valence-corrected chi connectivity index (χ3v) is 3.30. The number of carbonyl (C=O) groups is 1. The molecule has 0 spiro atoms. The third-order valence-electron chi connectivity index (χ3n) is 3.30. The predicted octanol–water partition coefficient (Wildman–Crippen LogP) is 3.18. The molecule has 0 aliphatic carbocycles. The number of hydrogen-bond acceptors (Lipinski definition) is 2. The number of nitrogens with two attached hydrogens (primary N) is 1. The Balaban J connectivity index is 2.94. The smallest absolute Gasteiger partial charge is 0.304 e. The van der Waals surface area contributed by atoms with E-state index in [0.29, 0.717) is 5.92 Å². The van der Waals surface area contributed by atoms with Crippen LogP contribution in [0.15, 0.2) is 24.3 Å². The molecule has 19 heavy (non-hydrogen) atoms. The van der Waals surface area contributed by atoms with Crippen LogP contribution in [0.4, 0.5) is 0 Å². The van der Waals surface area contributed by atoms with Crippen LogP contribution in [-0.2, 0) is 11.2 Å². The third kappa shape index (κ3) is 5.03. The van der Waals surface area contributed by atoms with Crippen LogP contribution in [0.25, 0.3) is 0 Å². The molecule has 1 unspecified atom stereocenters. The molecular weight excluding hydrogens is 238 g/mol. The lowest BCUT2D eigenvalue weighted by Gasteiger charge is -2.30. The number of hydrogen-bond donors (Lipinski definition) is 2. The molecule has 106 valence electrons. The molecule has 0 bridgehead atoms. The number of benzene rings is 1. The van der Waals surface area contributed by atoms with Crippen molar-refractivity contribution in [2.75, 3.05) is 0 Å². The largest absolute Gasteiger partial charge is 0.481 e. The van der Waals surface area contributed by atoms with E-state index in [1.54, 1.807) is 0 Å². The van der Waals surface area contributed by atoms with Crippen LogP contribution < -0.4 is 5.73 Å². The summed E-state index contributed by atoms with van der Waals surface area (Å²) >= 11 is 0. The zero-order chi connectivity index (χ0) is 14.6. The van der Waals surface area contributed by atoms with E-state index in [-0.39, 0.29) is 12.3 Å². The topological polar surface area (TPSA) is 63.3 Å². The highest BCUT2D eigenvalue weighted by Gasteiger charge is 2.28. The standard InChI is InChI=1S/C16H25NO2/c1-11(2)9-12-5-7-13(8-6-12)14(10-15(18)19)16(3,4)17/h5-8,11,14H,9-10,17H2,1-4H3,(H,18,19). The Kier molecular flexibility index (Phi) is 5.12. The summed E-state index contributed by atoms with van der Waals surface area (Å²) in [6.07, 6.45) is 1.10. The summed E-state index contributed by atoms with van der Waals surface area (Å²) in [5.41, 5.74) is 7.85. The molecule has 0 fully saturated rings. The Labute approximate surface area is 115 Å². The summed E-state index contributed by atoms with van der Waals surface area (Å²) in [6, 6.07) is 8.19. The minimum atomic E-state index is -0.810. The second kappa shape index (κ2) is 6.20. The van der Waals surface area contributed by atoms with Gasteiger partial charge in [-0.2, -0.15) is 0 Å². The lowest BCUT2D eigenvalue weighted by molar-refractivity contribution is -0.137. The summed E-state index contributed by atoms with van der Waals surface area (Å²) in [5.74, 6) is -0.362. The van der Waals surface area contributed by atoms with Gasteiger partial charge in [-0.25, -0.2) is 0 Å². The van der Waals surface area contributed by atoms with Crippen LogP contribution in [0.2, 0.25) is 0 Å². The molecule has 0 saturated heterocycles. The molecule has 1 aromatic carbocycles. The monoisotopic (exact) mass is 263 g/mol. The van der Waals surface area contributed by atoms with E-state index in [2.05, 4.69) is 26.0 Å². The zero-order valence-electron chi connectivity index (χ0n) is 12.3. The normalized spacial score (nSPS) is 13.6. The van der Waals surface area contributed by atoms with Gasteiger partial charge in [0, 0.05) is 11.5 Å². The molecule has 0 aliphatic heterocycles. The summed E-state index contributed by atoms with van der Waals surface area (Å²) in [4.78, 5) is 11.0. The van der Waals surface area contributed by atoms with Crippen molar-refractivity contribution in [3.63, 3.8) is 0 Å². The van der Waals surface area contributed by atoms with Crippen LogP contribution in [0.3, 0.4) is 0 Å². The maximum atomic E-state index is 11.0. The van der Waals surface area contributed by atoms with Gasteiger partial charge in [-0.1, -0.05) is 38.1 Å². The lowest BCUT2D eigenvalue weighted by atomic mass is 9.80. The average molecular weight is 263 g/mol. The van der Waals surface area contributed by atoms with Gasteiger partial charge in [-0.15, -0.1) is 0 Å². The average Bonchev–Trinajstić information content (AvgIpc) is 2.25. The zero-order valence-corrected chi connectivity index (χ0v) is 12.3. The fourth-order valence-electron chi connectivity index (χ4n) is 2.34. The van der Waals surface area contributed by atoms with E-state index < -0.39 is 11.5 Å². The van der Waals surface area contributed by atoms with Crippen LogP contribution >= 0.6 is 0 Å². The van der Waals surface area contributed by atoms with Gasteiger partial charge in [0.05, 0.1) is 6.42 Å². The Morgan fingerprint density at radius 2 is 1.79 bits per heavy atom. The number of carboxylic acids is 1. The maximum Gasteiger partial charge on any atom is 0.304 e. The van der Waals surface area contributed by atoms with E-state index in [9.17, 15) is 4.79 Å². The van der Waals surface area contributed by atoms with Crippen LogP contribution in [0.5, 0.6) is 0 Å². The Morgan fingerprint density at radius 3 is 2.16 bits per heavy atom. The molecule has 0 amide bonds. The molecule has 3 N–H and O–H groups in total. The van der Waals surface area contributed by atoms with Gasteiger partial charge in [0.15, 0.2) is 0 Å². The van der Waals surface area contributed by atoms with Gasteiger partial charge in [0.1, 0.15) is 0 Å². The Morgan fingerprint density at radius 1 is 1.26 bits per heavy atom. The molecule has 0 aliphatic rings. The predicted molar refractivity (Wildman–Crippen MR) is 78.2 cm³/mol.